The quantitative estimate of drug-likeness (QED) is 0.747. The smallest absolute Gasteiger partial charge is 0.328 e. The lowest BCUT2D eigenvalue weighted by Gasteiger charge is -2.07. The van der Waals surface area contributed by atoms with Crippen LogP contribution >= 0.6 is 0 Å². The van der Waals surface area contributed by atoms with Crippen molar-refractivity contribution in [3.8, 4) is 5.82 Å². The monoisotopic (exact) mass is 282 g/mol. The molecule has 0 aliphatic heterocycles. The van der Waals surface area contributed by atoms with Crippen LogP contribution in [0.5, 0.6) is 0 Å². The van der Waals surface area contributed by atoms with Crippen molar-refractivity contribution in [2.75, 3.05) is 0 Å². The van der Waals surface area contributed by atoms with Crippen molar-refractivity contribution in [3.05, 3.63) is 48.1 Å². The zero-order valence-electron chi connectivity index (χ0n) is 11.7. The van der Waals surface area contributed by atoms with Gasteiger partial charge in [0.05, 0.1) is 11.2 Å². The summed E-state index contributed by atoms with van der Waals surface area (Å²) in [6.45, 7) is 1.86. The Bertz CT molecular complexity index is 858. The molecule has 0 atom stereocenters. The Morgan fingerprint density at radius 2 is 2.19 bits per heavy atom. The number of carboxylic acid groups (broad SMARTS) is 1. The molecule has 3 rings (SSSR count). The van der Waals surface area contributed by atoms with Gasteiger partial charge in [-0.1, -0.05) is 0 Å². The lowest BCUT2D eigenvalue weighted by Crippen LogP contribution is -2.03. The van der Waals surface area contributed by atoms with Gasteiger partial charge in [0.1, 0.15) is 5.82 Å². The molecule has 0 spiro atoms. The van der Waals surface area contributed by atoms with Crippen LogP contribution in [0, 0.1) is 6.92 Å². The number of rotatable bonds is 3. The molecule has 3 heterocycles. The number of pyridine rings is 1. The van der Waals surface area contributed by atoms with Gasteiger partial charge >= 0.3 is 5.97 Å². The molecular formula is C15H14N4O2. The highest BCUT2D eigenvalue weighted by Crippen LogP contribution is 2.24. The molecule has 1 N–H and O–H groups in total. The topological polar surface area (TPSA) is 72.9 Å². The van der Waals surface area contributed by atoms with Gasteiger partial charge in [-0.3, -0.25) is 9.67 Å². The fourth-order valence-corrected chi connectivity index (χ4v) is 2.46. The molecule has 0 saturated heterocycles. The van der Waals surface area contributed by atoms with Crippen LogP contribution in [0.3, 0.4) is 0 Å². The molecule has 0 amide bonds. The Hall–Kier alpha value is -2.89. The van der Waals surface area contributed by atoms with Crippen LogP contribution in [-0.2, 0) is 11.8 Å². The van der Waals surface area contributed by atoms with Gasteiger partial charge in [0.25, 0.3) is 0 Å². The zero-order valence-corrected chi connectivity index (χ0v) is 11.7. The van der Waals surface area contributed by atoms with Gasteiger partial charge < -0.3 is 9.67 Å². The molecular weight excluding hydrogens is 268 g/mol. The second-order valence-corrected chi connectivity index (χ2v) is 4.74. The molecule has 0 unspecified atom stereocenters. The van der Waals surface area contributed by atoms with E-state index in [0.717, 1.165) is 34.1 Å². The Morgan fingerprint density at radius 3 is 2.95 bits per heavy atom. The summed E-state index contributed by atoms with van der Waals surface area (Å²) < 4.78 is 3.73. The molecule has 106 valence electrons. The van der Waals surface area contributed by atoms with Crippen LogP contribution in [0.4, 0.5) is 0 Å². The van der Waals surface area contributed by atoms with Crippen molar-refractivity contribution >= 4 is 22.9 Å². The number of nitrogens with zero attached hydrogens (tertiary/aromatic N) is 4. The number of aromatic nitrogens is 4. The van der Waals surface area contributed by atoms with Gasteiger partial charge in [0, 0.05) is 42.7 Å². The normalized spacial score (nSPS) is 11.5. The standard InChI is InChI=1S/C15H14N4O2/c1-10-12(3-4-14(20)21)15(18(2)17-10)19-8-6-11-9-16-7-5-13(11)19/h3-9H,1-2H3,(H,20,21). The van der Waals surface area contributed by atoms with Gasteiger partial charge in [-0.25, -0.2) is 4.79 Å². The second kappa shape index (κ2) is 4.90. The van der Waals surface area contributed by atoms with Crippen molar-refractivity contribution in [3.63, 3.8) is 0 Å². The summed E-state index contributed by atoms with van der Waals surface area (Å²) in [5.74, 6) is -0.156. The molecule has 0 aromatic carbocycles. The van der Waals surface area contributed by atoms with E-state index in [2.05, 4.69) is 10.1 Å². The lowest BCUT2D eigenvalue weighted by atomic mass is 10.2. The van der Waals surface area contributed by atoms with Crippen molar-refractivity contribution in [1.29, 1.82) is 0 Å². The van der Waals surface area contributed by atoms with E-state index >= 15 is 0 Å². The van der Waals surface area contributed by atoms with Crippen molar-refractivity contribution in [1.82, 2.24) is 19.3 Å². The van der Waals surface area contributed by atoms with E-state index in [1.165, 1.54) is 0 Å². The Morgan fingerprint density at radius 1 is 1.38 bits per heavy atom. The summed E-state index contributed by atoms with van der Waals surface area (Å²) in [5, 5.41) is 14.2. The van der Waals surface area contributed by atoms with Crippen LogP contribution in [-0.4, -0.2) is 30.4 Å². The molecule has 0 saturated carbocycles. The van der Waals surface area contributed by atoms with E-state index in [0.29, 0.717) is 0 Å². The summed E-state index contributed by atoms with van der Waals surface area (Å²) in [5.41, 5.74) is 2.56. The number of hydrogen-bond donors (Lipinski definition) is 1. The second-order valence-electron chi connectivity index (χ2n) is 4.74. The molecule has 0 fully saturated rings. The Labute approximate surface area is 121 Å². The summed E-state index contributed by atoms with van der Waals surface area (Å²) in [7, 11) is 1.84. The Kier molecular flexibility index (Phi) is 3.06. The highest BCUT2D eigenvalue weighted by Gasteiger charge is 2.14. The van der Waals surface area contributed by atoms with E-state index in [1.807, 2.05) is 36.9 Å². The minimum Gasteiger partial charge on any atom is -0.478 e. The van der Waals surface area contributed by atoms with Crippen molar-refractivity contribution in [2.45, 2.75) is 6.92 Å². The van der Waals surface area contributed by atoms with Gasteiger partial charge in [-0.2, -0.15) is 5.10 Å². The predicted molar refractivity (Wildman–Crippen MR) is 79.2 cm³/mol. The van der Waals surface area contributed by atoms with Gasteiger partial charge in [-0.05, 0) is 25.1 Å². The lowest BCUT2D eigenvalue weighted by molar-refractivity contribution is -0.131. The third-order valence-electron chi connectivity index (χ3n) is 3.35. The average Bonchev–Trinajstić information content (AvgIpc) is 2.97. The molecule has 21 heavy (non-hydrogen) atoms. The molecule has 6 nitrogen and oxygen atoms in total. The molecule has 0 bridgehead atoms. The van der Waals surface area contributed by atoms with Crippen molar-refractivity contribution < 1.29 is 9.90 Å². The molecule has 3 aromatic heterocycles. The third-order valence-corrected chi connectivity index (χ3v) is 3.35. The SMILES string of the molecule is Cc1nn(C)c(-n2ccc3cnccc32)c1C=CC(=O)O. The van der Waals surface area contributed by atoms with Crippen molar-refractivity contribution in [2.24, 2.45) is 7.05 Å². The Balaban J connectivity index is 2.25. The molecule has 0 aliphatic carbocycles. The molecule has 0 aliphatic rings. The minimum absolute atomic E-state index is 0.779. The number of aliphatic carboxylic acids is 1. The maximum Gasteiger partial charge on any atom is 0.328 e. The van der Waals surface area contributed by atoms with E-state index in [9.17, 15) is 4.79 Å². The molecule has 3 aromatic rings. The van der Waals surface area contributed by atoms with E-state index in [1.54, 1.807) is 23.2 Å². The highest BCUT2D eigenvalue weighted by molar-refractivity contribution is 5.87. The highest BCUT2D eigenvalue weighted by atomic mass is 16.4. The first-order chi connectivity index (χ1) is 10.1. The van der Waals surface area contributed by atoms with Crippen LogP contribution in [0.2, 0.25) is 0 Å². The maximum absolute atomic E-state index is 10.8. The van der Waals surface area contributed by atoms with Crippen LogP contribution in [0.25, 0.3) is 22.8 Å². The number of carbonyl (C=O) groups is 1. The number of fused-ring (bicyclic) bond motifs is 1. The average molecular weight is 282 g/mol. The minimum atomic E-state index is -0.981. The summed E-state index contributed by atoms with van der Waals surface area (Å²) in [6, 6.07) is 3.89. The van der Waals surface area contributed by atoms with E-state index < -0.39 is 5.97 Å². The van der Waals surface area contributed by atoms with E-state index in [-0.39, 0.29) is 0 Å². The first kappa shape index (κ1) is 13.1. The first-order valence-corrected chi connectivity index (χ1v) is 6.44. The predicted octanol–water partition coefficient (Wildman–Crippen LogP) is 2.17. The fraction of sp³-hybridized carbons (Fsp3) is 0.133. The number of aryl methyl sites for hydroxylation is 2. The van der Waals surface area contributed by atoms with Crippen LogP contribution in [0.15, 0.2) is 36.8 Å². The van der Waals surface area contributed by atoms with Crippen LogP contribution in [0.1, 0.15) is 11.3 Å². The third kappa shape index (κ3) is 2.20. The largest absolute Gasteiger partial charge is 0.478 e. The van der Waals surface area contributed by atoms with Gasteiger partial charge in [0.15, 0.2) is 0 Å². The summed E-state index contributed by atoms with van der Waals surface area (Å²) in [6.07, 6.45) is 8.16. The first-order valence-electron chi connectivity index (χ1n) is 6.44. The van der Waals surface area contributed by atoms with E-state index in [4.69, 9.17) is 5.11 Å². The fourth-order valence-electron chi connectivity index (χ4n) is 2.46. The summed E-state index contributed by atoms with van der Waals surface area (Å²) >= 11 is 0. The zero-order chi connectivity index (χ0) is 15.0. The number of carboxylic acids is 1. The molecule has 0 radical (unpaired) electrons. The molecule has 6 heteroatoms. The summed E-state index contributed by atoms with van der Waals surface area (Å²) in [4.78, 5) is 14.9. The van der Waals surface area contributed by atoms with Crippen LogP contribution < -0.4 is 0 Å². The van der Waals surface area contributed by atoms with Gasteiger partial charge in [0.2, 0.25) is 0 Å². The maximum atomic E-state index is 10.8. The van der Waals surface area contributed by atoms with Gasteiger partial charge in [-0.15, -0.1) is 0 Å². The number of hydrogen-bond acceptors (Lipinski definition) is 3.